The highest BCUT2D eigenvalue weighted by molar-refractivity contribution is 5.54. The molecule has 0 aliphatic carbocycles. The van der Waals surface area contributed by atoms with Crippen molar-refractivity contribution in [3.63, 3.8) is 0 Å². The summed E-state index contributed by atoms with van der Waals surface area (Å²) in [5, 5.41) is 0. The lowest BCUT2D eigenvalue weighted by atomic mass is 9.85. The molecule has 0 fully saturated rings. The molecule has 0 spiro atoms. The van der Waals surface area contributed by atoms with E-state index in [1.165, 1.54) is 41.5 Å². The van der Waals surface area contributed by atoms with Gasteiger partial charge in [-0.3, -0.25) is 0 Å². The molecule has 154 valence electrons. The number of hydrogen-bond donors (Lipinski definition) is 0. The fourth-order valence-corrected chi connectivity index (χ4v) is 2.64. The van der Waals surface area contributed by atoms with Crippen LogP contribution in [0.2, 0.25) is 0 Å². The van der Waals surface area contributed by atoms with E-state index in [4.69, 9.17) is 0 Å². The molecule has 3 atom stereocenters. The average molecular weight is 363 g/mol. The van der Waals surface area contributed by atoms with Gasteiger partial charge in [0.1, 0.15) is 0 Å². The summed E-state index contributed by atoms with van der Waals surface area (Å²) in [6.07, 6.45) is 5.98. The molecule has 1 aromatic rings. The second-order valence-corrected chi connectivity index (χ2v) is 7.11. The quantitative estimate of drug-likeness (QED) is 0.472. The van der Waals surface area contributed by atoms with Crippen LogP contribution in [-0.2, 0) is 0 Å². The van der Waals surface area contributed by atoms with Crippen molar-refractivity contribution in [1.82, 2.24) is 0 Å². The second-order valence-electron chi connectivity index (χ2n) is 7.11. The highest BCUT2D eigenvalue weighted by Gasteiger charge is 2.12. The van der Waals surface area contributed by atoms with Gasteiger partial charge in [-0.1, -0.05) is 99.9 Å². The first kappa shape index (κ1) is 29.7. The van der Waals surface area contributed by atoms with Crippen LogP contribution in [0, 0.1) is 38.5 Å². The third-order valence-corrected chi connectivity index (χ3v) is 5.19. The van der Waals surface area contributed by atoms with E-state index in [2.05, 4.69) is 74.1 Å². The van der Waals surface area contributed by atoms with Crippen LogP contribution in [0.25, 0.3) is 6.08 Å². The Hall–Kier alpha value is -1.04. The first-order valence-electron chi connectivity index (χ1n) is 11.0. The Kier molecular flexibility index (Phi) is 21.4. The van der Waals surface area contributed by atoms with Crippen molar-refractivity contribution in [2.75, 3.05) is 0 Å². The van der Waals surface area contributed by atoms with Crippen LogP contribution >= 0.6 is 0 Å². The Labute approximate surface area is 167 Å². The van der Waals surface area contributed by atoms with Crippen molar-refractivity contribution in [3.05, 3.63) is 41.0 Å². The summed E-state index contributed by atoms with van der Waals surface area (Å²) in [4.78, 5) is 0. The van der Waals surface area contributed by atoms with Crippen molar-refractivity contribution in [3.8, 4) is 0 Å². The van der Waals surface area contributed by atoms with Gasteiger partial charge in [-0.2, -0.15) is 0 Å². The fourth-order valence-electron chi connectivity index (χ4n) is 2.64. The molecule has 3 unspecified atom stereocenters. The van der Waals surface area contributed by atoms with Crippen molar-refractivity contribution in [1.29, 1.82) is 0 Å². The molecule has 0 bridgehead atoms. The lowest BCUT2D eigenvalue weighted by molar-refractivity contribution is 0.303. The zero-order valence-corrected chi connectivity index (χ0v) is 20.3. The maximum atomic E-state index is 3.76. The zero-order chi connectivity index (χ0) is 21.3. The highest BCUT2D eigenvalue weighted by atomic mass is 14.2. The van der Waals surface area contributed by atoms with Gasteiger partial charge in [0.25, 0.3) is 0 Å². The van der Waals surface area contributed by atoms with Crippen LogP contribution in [0.5, 0.6) is 0 Å². The monoisotopic (exact) mass is 362 g/mol. The van der Waals surface area contributed by atoms with Gasteiger partial charge in [0, 0.05) is 0 Å². The minimum absolute atomic E-state index is 0.906. The fraction of sp³-hybridized carbons (Fsp3) is 0.692. The van der Waals surface area contributed by atoms with Gasteiger partial charge < -0.3 is 0 Å². The van der Waals surface area contributed by atoms with Gasteiger partial charge >= 0.3 is 0 Å². The van der Waals surface area contributed by atoms with Crippen LogP contribution in [0.1, 0.15) is 104 Å². The molecule has 0 aliphatic rings. The molecule has 0 heteroatoms. The summed E-state index contributed by atoms with van der Waals surface area (Å²) in [5.74, 6) is 2.73. The zero-order valence-electron chi connectivity index (χ0n) is 20.3. The van der Waals surface area contributed by atoms with Crippen molar-refractivity contribution >= 4 is 6.08 Å². The molecule has 0 N–H and O–H groups in total. The molecule has 1 aromatic carbocycles. The number of hydrogen-bond acceptors (Lipinski definition) is 0. The predicted molar refractivity (Wildman–Crippen MR) is 126 cm³/mol. The first-order chi connectivity index (χ1) is 12.3. The molecule has 1 rings (SSSR count). The number of rotatable bonds is 6. The largest absolute Gasteiger partial charge is 0.0985 e. The lowest BCUT2D eigenvalue weighted by Crippen LogP contribution is -2.10. The Balaban J connectivity index is -0.000000341. The van der Waals surface area contributed by atoms with E-state index >= 15 is 0 Å². The molecule has 26 heavy (non-hydrogen) atoms. The average Bonchev–Trinajstić information content (AvgIpc) is 2.67. The van der Waals surface area contributed by atoms with E-state index < -0.39 is 0 Å². The summed E-state index contributed by atoms with van der Waals surface area (Å²) in [6.45, 7) is 29.8. The topological polar surface area (TPSA) is 0 Å². The molecule has 0 saturated carbocycles. The third kappa shape index (κ3) is 13.2. The third-order valence-electron chi connectivity index (χ3n) is 5.19. The number of aryl methyl sites for hydroxylation is 3. The Bertz CT molecular complexity index is 442. The summed E-state index contributed by atoms with van der Waals surface area (Å²) < 4.78 is 0. The Morgan fingerprint density at radius 3 is 1.62 bits per heavy atom. The molecule has 0 aliphatic heterocycles. The molecule has 0 radical (unpaired) electrons. The van der Waals surface area contributed by atoms with Crippen LogP contribution in [0.15, 0.2) is 18.7 Å². The molecule has 0 nitrogen and oxygen atoms in total. The van der Waals surface area contributed by atoms with Gasteiger partial charge in [0.05, 0.1) is 0 Å². The van der Waals surface area contributed by atoms with Gasteiger partial charge in [-0.15, -0.1) is 0 Å². The summed E-state index contributed by atoms with van der Waals surface area (Å²) in [5.41, 5.74) is 5.25. The summed E-state index contributed by atoms with van der Waals surface area (Å²) in [7, 11) is 0. The van der Waals surface area contributed by atoms with E-state index in [1.807, 2.05) is 33.8 Å². The van der Waals surface area contributed by atoms with Gasteiger partial charge in [0.2, 0.25) is 0 Å². The van der Waals surface area contributed by atoms with Crippen molar-refractivity contribution < 1.29 is 0 Å². The molecular weight excluding hydrogens is 312 g/mol. The normalized spacial score (nSPS) is 12.8. The number of benzene rings is 1. The molecule has 0 aromatic heterocycles. The van der Waals surface area contributed by atoms with E-state index in [0.717, 1.165) is 17.8 Å². The standard InChI is InChI=1S/C11H14.C11H24.2C2H6/c1-5-11-7-9(3)8(2)6-10(11)4;1-6-9(3)8-11(5)10(4)7-2;2*1-2/h5-7H,1H2,2-4H3;9-11H,6-8H2,1-5H3;2*1-2H3. The Morgan fingerprint density at radius 1 is 0.769 bits per heavy atom. The van der Waals surface area contributed by atoms with Crippen LogP contribution in [0.3, 0.4) is 0 Å². The van der Waals surface area contributed by atoms with Gasteiger partial charge in [-0.05, 0) is 67.2 Å². The highest BCUT2D eigenvalue weighted by Crippen LogP contribution is 2.23. The van der Waals surface area contributed by atoms with E-state index in [1.54, 1.807) is 0 Å². The summed E-state index contributed by atoms with van der Waals surface area (Å²) in [6, 6.07) is 4.38. The molecule has 0 amide bonds. The van der Waals surface area contributed by atoms with E-state index in [0.29, 0.717) is 0 Å². The molecule has 0 heterocycles. The summed E-state index contributed by atoms with van der Waals surface area (Å²) >= 11 is 0. The molecular formula is C26H50. The van der Waals surface area contributed by atoms with Gasteiger partial charge in [-0.25, -0.2) is 0 Å². The van der Waals surface area contributed by atoms with E-state index in [-0.39, 0.29) is 0 Å². The van der Waals surface area contributed by atoms with Crippen molar-refractivity contribution in [2.24, 2.45) is 17.8 Å². The maximum absolute atomic E-state index is 3.76. The van der Waals surface area contributed by atoms with Gasteiger partial charge in [0.15, 0.2) is 0 Å². The SMILES string of the molecule is C=Cc1cc(C)c(C)cc1C.CC.CC.CCC(C)CC(C)C(C)CC. The molecule has 0 saturated heterocycles. The van der Waals surface area contributed by atoms with Crippen LogP contribution < -0.4 is 0 Å². The first-order valence-corrected chi connectivity index (χ1v) is 11.0. The van der Waals surface area contributed by atoms with Crippen LogP contribution in [0.4, 0.5) is 0 Å². The van der Waals surface area contributed by atoms with Crippen LogP contribution in [-0.4, -0.2) is 0 Å². The predicted octanol–water partition coefficient (Wildman–Crippen LogP) is 9.41. The smallest absolute Gasteiger partial charge is 0.0230 e. The Morgan fingerprint density at radius 2 is 1.23 bits per heavy atom. The van der Waals surface area contributed by atoms with E-state index in [9.17, 15) is 0 Å². The lowest BCUT2D eigenvalue weighted by Gasteiger charge is -2.21. The maximum Gasteiger partial charge on any atom is -0.0230 e. The van der Waals surface area contributed by atoms with Crippen molar-refractivity contribution in [2.45, 2.75) is 102 Å². The second kappa shape index (κ2) is 18.7. The minimum atomic E-state index is 0.906. The minimum Gasteiger partial charge on any atom is -0.0985 e.